The van der Waals surface area contributed by atoms with Gasteiger partial charge in [0.05, 0.1) is 15.8 Å². The van der Waals surface area contributed by atoms with Crippen molar-refractivity contribution < 1.29 is 14.8 Å². The lowest BCUT2D eigenvalue weighted by Gasteiger charge is -2.05. The van der Waals surface area contributed by atoms with Gasteiger partial charge in [-0.1, -0.05) is 30.3 Å². The van der Waals surface area contributed by atoms with Crippen LogP contribution >= 0.6 is 0 Å². The third-order valence-corrected chi connectivity index (χ3v) is 4.59. The molecule has 0 aliphatic rings. The van der Waals surface area contributed by atoms with Gasteiger partial charge in [-0.05, 0) is 36.1 Å². The number of non-ortho nitro benzene ring substituents is 1. The maximum Gasteiger partial charge on any atom is 0.303 e. The molecule has 0 fully saturated rings. The molecule has 0 aliphatic heterocycles. The Kier molecular flexibility index (Phi) is 4.27. The van der Waals surface area contributed by atoms with Crippen LogP contribution in [0.3, 0.4) is 0 Å². The molecular weight excluding hydrogens is 320 g/mol. The summed E-state index contributed by atoms with van der Waals surface area (Å²) in [5.41, 5.74) is 4.01. The third-order valence-electron chi connectivity index (χ3n) is 4.59. The molecule has 0 amide bonds. The van der Waals surface area contributed by atoms with Crippen LogP contribution in [-0.2, 0) is 18.3 Å². The Morgan fingerprint density at radius 3 is 2.48 bits per heavy atom. The number of carboxylic acids is 1. The van der Waals surface area contributed by atoms with E-state index >= 15 is 0 Å². The number of aromatic nitrogens is 1. The molecule has 0 saturated heterocycles. The van der Waals surface area contributed by atoms with Gasteiger partial charge in [-0.15, -0.1) is 0 Å². The van der Waals surface area contributed by atoms with Crippen LogP contribution in [0.4, 0.5) is 5.69 Å². The summed E-state index contributed by atoms with van der Waals surface area (Å²) in [5, 5.41) is 21.2. The van der Waals surface area contributed by atoms with Crippen LogP contribution in [-0.4, -0.2) is 20.6 Å². The smallest absolute Gasteiger partial charge is 0.303 e. The van der Waals surface area contributed by atoms with Crippen molar-refractivity contribution in [2.24, 2.45) is 7.05 Å². The largest absolute Gasteiger partial charge is 0.481 e. The van der Waals surface area contributed by atoms with E-state index in [0.29, 0.717) is 5.39 Å². The van der Waals surface area contributed by atoms with Crippen LogP contribution in [0.5, 0.6) is 0 Å². The number of aryl methyl sites for hydroxylation is 2. The zero-order chi connectivity index (χ0) is 18.1. The van der Waals surface area contributed by atoms with Gasteiger partial charge in [0.15, 0.2) is 0 Å². The number of nitro benzene ring substituents is 1. The van der Waals surface area contributed by atoms with Crippen LogP contribution in [0, 0.1) is 17.0 Å². The number of carboxylic acid groups (broad SMARTS) is 1. The second-order valence-corrected chi connectivity index (χ2v) is 6.03. The fourth-order valence-corrected chi connectivity index (χ4v) is 3.23. The molecule has 1 aromatic heterocycles. The zero-order valence-corrected chi connectivity index (χ0v) is 14.0. The normalized spacial score (nSPS) is 11.0. The number of hydrogen-bond donors (Lipinski definition) is 1. The summed E-state index contributed by atoms with van der Waals surface area (Å²) in [4.78, 5) is 22.2. The highest BCUT2D eigenvalue weighted by atomic mass is 16.6. The number of aliphatic carboxylic acids is 1. The lowest BCUT2D eigenvalue weighted by Crippen LogP contribution is -1.99. The van der Waals surface area contributed by atoms with Gasteiger partial charge in [-0.2, -0.15) is 0 Å². The maximum atomic E-state index is 11.7. The topological polar surface area (TPSA) is 85.4 Å². The molecule has 0 spiro atoms. The first-order valence-corrected chi connectivity index (χ1v) is 7.93. The van der Waals surface area contributed by atoms with Crippen LogP contribution in [0.2, 0.25) is 0 Å². The second kappa shape index (κ2) is 6.39. The van der Waals surface area contributed by atoms with E-state index in [-0.39, 0.29) is 18.5 Å². The summed E-state index contributed by atoms with van der Waals surface area (Å²) >= 11 is 0. The summed E-state index contributed by atoms with van der Waals surface area (Å²) in [6.45, 7) is 1.86. The zero-order valence-electron chi connectivity index (χ0n) is 14.0. The Hall–Kier alpha value is -3.15. The minimum Gasteiger partial charge on any atom is -0.481 e. The number of hydrogen-bond acceptors (Lipinski definition) is 3. The Labute approximate surface area is 144 Å². The molecule has 1 N–H and O–H groups in total. The van der Waals surface area contributed by atoms with Crippen molar-refractivity contribution in [3.8, 4) is 11.1 Å². The quantitative estimate of drug-likeness (QED) is 0.561. The summed E-state index contributed by atoms with van der Waals surface area (Å²) in [6.07, 6.45) is 0.210. The highest BCUT2D eigenvalue weighted by molar-refractivity contribution is 5.97. The van der Waals surface area contributed by atoms with Gasteiger partial charge in [-0.3, -0.25) is 14.9 Å². The monoisotopic (exact) mass is 338 g/mol. The molecule has 0 atom stereocenters. The molecule has 6 heteroatoms. The average Bonchev–Trinajstić information content (AvgIpc) is 2.84. The molecule has 0 aliphatic carbocycles. The summed E-state index contributed by atoms with van der Waals surface area (Å²) in [5.74, 6) is -0.917. The lowest BCUT2D eigenvalue weighted by atomic mass is 9.99. The molecule has 0 bridgehead atoms. The SMILES string of the molecule is Cc1c(CCC(=O)O)c2c([N+](=O)[O-])cc(-c3ccccc3)cc2n1C. The average molecular weight is 338 g/mol. The third kappa shape index (κ3) is 2.98. The molecule has 3 rings (SSSR count). The number of nitrogens with zero attached hydrogens (tertiary/aromatic N) is 2. The van der Waals surface area contributed by atoms with Crippen LogP contribution in [0.1, 0.15) is 17.7 Å². The summed E-state index contributed by atoms with van der Waals surface area (Å²) < 4.78 is 1.89. The highest BCUT2D eigenvalue weighted by Crippen LogP contribution is 2.37. The van der Waals surface area contributed by atoms with E-state index in [2.05, 4.69) is 0 Å². The number of nitro groups is 1. The molecule has 2 aromatic carbocycles. The summed E-state index contributed by atoms with van der Waals surface area (Å²) in [7, 11) is 1.85. The first kappa shape index (κ1) is 16.7. The molecule has 6 nitrogen and oxygen atoms in total. The number of fused-ring (bicyclic) bond motifs is 1. The van der Waals surface area contributed by atoms with Crippen LogP contribution in [0.25, 0.3) is 22.0 Å². The highest BCUT2D eigenvalue weighted by Gasteiger charge is 2.23. The Bertz CT molecular complexity index is 974. The van der Waals surface area contributed by atoms with E-state index in [0.717, 1.165) is 27.9 Å². The van der Waals surface area contributed by atoms with Gasteiger partial charge in [0.2, 0.25) is 0 Å². The predicted octanol–water partition coefficient (Wildman–Crippen LogP) is 4.08. The maximum absolute atomic E-state index is 11.7. The van der Waals surface area contributed by atoms with Gasteiger partial charge < -0.3 is 9.67 Å². The Balaban J connectivity index is 2.29. The fraction of sp³-hybridized carbons (Fsp3) is 0.211. The van der Waals surface area contributed by atoms with E-state index in [1.165, 1.54) is 0 Å². The summed E-state index contributed by atoms with van der Waals surface area (Å²) in [6, 6.07) is 13.0. The van der Waals surface area contributed by atoms with Gasteiger partial charge in [0.1, 0.15) is 0 Å². The number of carbonyl (C=O) groups is 1. The predicted molar refractivity (Wildman–Crippen MR) is 95.7 cm³/mol. The van der Waals surface area contributed by atoms with E-state index in [9.17, 15) is 14.9 Å². The van der Waals surface area contributed by atoms with Gasteiger partial charge >= 0.3 is 5.97 Å². The van der Waals surface area contributed by atoms with Gasteiger partial charge in [0, 0.05) is 25.2 Å². The Morgan fingerprint density at radius 1 is 1.20 bits per heavy atom. The second-order valence-electron chi connectivity index (χ2n) is 6.03. The van der Waals surface area contributed by atoms with Gasteiger partial charge in [-0.25, -0.2) is 0 Å². The van der Waals surface area contributed by atoms with E-state index in [4.69, 9.17) is 5.11 Å². The van der Waals surface area contributed by atoms with Crippen molar-refractivity contribution in [1.29, 1.82) is 0 Å². The van der Waals surface area contributed by atoms with Crippen molar-refractivity contribution in [3.05, 3.63) is 63.8 Å². The van der Waals surface area contributed by atoms with Crippen molar-refractivity contribution in [2.45, 2.75) is 19.8 Å². The molecule has 128 valence electrons. The lowest BCUT2D eigenvalue weighted by molar-refractivity contribution is -0.383. The molecular formula is C19H18N2O4. The fourth-order valence-electron chi connectivity index (χ4n) is 3.23. The van der Waals surface area contributed by atoms with Crippen LogP contribution in [0.15, 0.2) is 42.5 Å². The van der Waals surface area contributed by atoms with Crippen molar-refractivity contribution in [2.75, 3.05) is 0 Å². The standard InChI is InChI=1S/C19H18N2O4/c1-12-15(8-9-18(22)23)19-16(20(12)2)10-14(11-17(19)21(24)25)13-6-4-3-5-7-13/h3-7,10-11H,8-9H2,1-2H3,(H,22,23). The number of rotatable bonds is 5. The molecule has 0 unspecified atom stereocenters. The first-order valence-electron chi connectivity index (χ1n) is 7.93. The molecule has 0 saturated carbocycles. The molecule has 3 aromatic rings. The van der Waals surface area contributed by atoms with E-state index in [1.54, 1.807) is 6.07 Å². The molecule has 0 radical (unpaired) electrons. The number of benzene rings is 2. The van der Waals surface area contributed by atoms with Gasteiger partial charge in [0.25, 0.3) is 5.69 Å². The van der Waals surface area contributed by atoms with Crippen LogP contribution < -0.4 is 0 Å². The minimum absolute atomic E-state index is 0.0143. The molecule has 1 heterocycles. The first-order chi connectivity index (χ1) is 11.9. The van der Waals surface area contributed by atoms with E-state index in [1.807, 2.05) is 54.9 Å². The van der Waals surface area contributed by atoms with Crippen molar-refractivity contribution in [3.63, 3.8) is 0 Å². The Morgan fingerprint density at radius 2 is 1.88 bits per heavy atom. The van der Waals surface area contributed by atoms with Crippen molar-refractivity contribution in [1.82, 2.24) is 4.57 Å². The molecule has 25 heavy (non-hydrogen) atoms. The minimum atomic E-state index is -0.917. The van der Waals surface area contributed by atoms with Crippen molar-refractivity contribution >= 4 is 22.6 Å². The van der Waals surface area contributed by atoms with E-state index < -0.39 is 10.9 Å².